The second-order valence-corrected chi connectivity index (χ2v) is 7.99. The Bertz CT molecular complexity index is 830. The highest BCUT2D eigenvalue weighted by atomic mass is 79.9. The molecule has 0 bridgehead atoms. The summed E-state index contributed by atoms with van der Waals surface area (Å²) in [4.78, 5) is 27.5. The van der Waals surface area contributed by atoms with Crippen LogP contribution in [0.1, 0.15) is 35.3 Å². The number of fused-ring (bicyclic) bond motifs is 1. The van der Waals surface area contributed by atoms with Crippen molar-refractivity contribution in [3.8, 4) is 0 Å². The Morgan fingerprint density at radius 3 is 2.46 bits per heavy atom. The fourth-order valence-corrected chi connectivity index (χ4v) is 3.62. The van der Waals surface area contributed by atoms with Gasteiger partial charge in [-0.05, 0) is 55.2 Å². The topological polar surface area (TPSA) is 49.4 Å². The second-order valence-electron chi connectivity index (χ2n) is 7.07. The lowest BCUT2D eigenvalue weighted by atomic mass is 10.0. The van der Waals surface area contributed by atoms with Crippen LogP contribution in [0.4, 0.5) is 5.69 Å². The van der Waals surface area contributed by atoms with Gasteiger partial charge in [-0.2, -0.15) is 0 Å². The van der Waals surface area contributed by atoms with Crippen LogP contribution >= 0.6 is 15.9 Å². The van der Waals surface area contributed by atoms with Crippen molar-refractivity contribution in [2.45, 2.75) is 33.2 Å². The van der Waals surface area contributed by atoms with Gasteiger partial charge in [0.15, 0.2) is 0 Å². The van der Waals surface area contributed by atoms with E-state index in [0.29, 0.717) is 12.1 Å². The first-order chi connectivity index (χ1) is 12.4. The molecule has 0 saturated heterocycles. The Hall–Kier alpha value is -2.14. The van der Waals surface area contributed by atoms with Gasteiger partial charge in [-0.15, -0.1) is 0 Å². The molecule has 2 amide bonds. The minimum absolute atomic E-state index is 0.00334. The molecular weight excluding hydrogens is 392 g/mol. The fourth-order valence-electron chi connectivity index (χ4n) is 3.21. The van der Waals surface area contributed by atoms with E-state index >= 15 is 0 Å². The van der Waals surface area contributed by atoms with E-state index in [1.54, 1.807) is 17.0 Å². The average molecular weight is 415 g/mol. The van der Waals surface area contributed by atoms with E-state index in [2.05, 4.69) is 27.3 Å². The minimum Gasteiger partial charge on any atom is -0.340 e. The van der Waals surface area contributed by atoms with Crippen LogP contribution in [0.3, 0.4) is 0 Å². The number of nitrogens with zero attached hydrogens (tertiary/aromatic N) is 1. The lowest BCUT2D eigenvalue weighted by Gasteiger charge is -2.27. The van der Waals surface area contributed by atoms with E-state index in [-0.39, 0.29) is 17.7 Å². The summed E-state index contributed by atoms with van der Waals surface area (Å²) in [7, 11) is 0. The number of amides is 2. The number of rotatable bonds is 4. The van der Waals surface area contributed by atoms with E-state index < -0.39 is 6.04 Å². The molecule has 136 valence electrons. The van der Waals surface area contributed by atoms with Gasteiger partial charge in [-0.25, -0.2) is 0 Å². The number of anilines is 1. The summed E-state index contributed by atoms with van der Waals surface area (Å²) in [5.74, 6) is -0.273. The molecule has 1 aliphatic rings. The molecule has 5 heteroatoms. The molecule has 0 saturated carbocycles. The highest BCUT2D eigenvalue weighted by molar-refractivity contribution is 9.10. The normalized spacial score (nSPS) is 14.3. The van der Waals surface area contributed by atoms with Gasteiger partial charge in [0.25, 0.3) is 5.91 Å². The highest BCUT2D eigenvalue weighted by Gasteiger charge is 2.33. The molecule has 2 aromatic carbocycles. The Balaban J connectivity index is 1.79. The number of aryl methyl sites for hydroxylation is 1. The Labute approximate surface area is 162 Å². The van der Waals surface area contributed by atoms with E-state index in [9.17, 15) is 9.59 Å². The summed E-state index contributed by atoms with van der Waals surface area (Å²) in [6, 6.07) is 12.8. The van der Waals surface area contributed by atoms with Crippen molar-refractivity contribution in [2.24, 2.45) is 5.92 Å². The molecule has 0 radical (unpaired) electrons. The Kier molecular flexibility index (Phi) is 5.47. The lowest BCUT2D eigenvalue weighted by molar-refractivity contribution is -0.121. The molecule has 3 rings (SSSR count). The zero-order chi connectivity index (χ0) is 18.8. The number of hydrogen-bond acceptors (Lipinski definition) is 2. The molecule has 0 spiro atoms. The molecule has 1 heterocycles. The van der Waals surface area contributed by atoms with E-state index in [1.807, 2.05) is 45.0 Å². The number of nitrogens with one attached hydrogen (secondary N) is 1. The number of carbonyl (C=O) groups excluding carboxylic acids is 2. The van der Waals surface area contributed by atoms with Crippen LogP contribution in [0.2, 0.25) is 0 Å². The molecule has 2 aromatic rings. The third kappa shape index (κ3) is 3.83. The van der Waals surface area contributed by atoms with Crippen molar-refractivity contribution < 1.29 is 9.59 Å². The summed E-state index contributed by atoms with van der Waals surface area (Å²) in [5, 5.41) is 2.93. The minimum atomic E-state index is -0.557. The van der Waals surface area contributed by atoms with Gasteiger partial charge in [-0.3, -0.25) is 9.59 Å². The summed E-state index contributed by atoms with van der Waals surface area (Å²) in [6.07, 6.45) is 0.831. The van der Waals surface area contributed by atoms with Gasteiger partial charge in [0.1, 0.15) is 6.04 Å². The molecule has 4 nitrogen and oxygen atoms in total. The van der Waals surface area contributed by atoms with Crippen LogP contribution in [0.15, 0.2) is 46.9 Å². The maximum atomic E-state index is 13.2. The summed E-state index contributed by atoms with van der Waals surface area (Å²) >= 11 is 3.48. The number of carbonyl (C=O) groups is 2. The van der Waals surface area contributed by atoms with Crippen molar-refractivity contribution in [3.05, 3.63) is 63.6 Å². The molecule has 1 aliphatic heterocycles. The summed E-state index contributed by atoms with van der Waals surface area (Å²) < 4.78 is 1.01. The molecule has 1 unspecified atom stereocenters. The molecule has 1 N–H and O–H groups in total. The van der Waals surface area contributed by atoms with Crippen LogP contribution in [0.25, 0.3) is 0 Å². The maximum absolute atomic E-state index is 13.2. The van der Waals surface area contributed by atoms with Gasteiger partial charge in [-0.1, -0.05) is 47.5 Å². The largest absolute Gasteiger partial charge is 0.340 e. The summed E-state index contributed by atoms with van der Waals surface area (Å²) in [6.45, 7) is 6.53. The van der Waals surface area contributed by atoms with E-state index in [0.717, 1.165) is 27.7 Å². The molecule has 1 atom stereocenters. The van der Waals surface area contributed by atoms with Gasteiger partial charge in [0.2, 0.25) is 5.91 Å². The van der Waals surface area contributed by atoms with Gasteiger partial charge in [0, 0.05) is 22.3 Å². The first-order valence-corrected chi connectivity index (χ1v) is 9.63. The fraction of sp³-hybridized carbons (Fsp3) is 0.333. The van der Waals surface area contributed by atoms with E-state index in [1.165, 1.54) is 0 Å². The standard InChI is InChI=1S/C21H23BrN2O2/c1-13(2)19(23-20(25)15-6-4-14(3)5-7-15)21(26)24-11-10-16-12-17(22)8-9-18(16)24/h4-9,12-13,19H,10-11H2,1-3H3,(H,23,25). The zero-order valence-corrected chi connectivity index (χ0v) is 16.8. The quantitative estimate of drug-likeness (QED) is 0.818. The molecule has 26 heavy (non-hydrogen) atoms. The van der Waals surface area contributed by atoms with Crippen LogP contribution in [-0.2, 0) is 11.2 Å². The van der Waals surface area contributed by atoms with Crippen molar-refractivity contribution >= 4 is 33.4 Å². The van der Waals surface area contributed by atoms with Crippen LogP contribution in [-0.4, -0.2) is 24.4 Å². The average Bonchev–Trinajstić information content (AvgIpc) is 3.02. The predicted molar refractivity (Wildman–Crippen MR) is 107 cm³/mol. The van der Waals surface area contributed by atoms with Crippen LogP contribution < -0.4 is 10.2 Å². The smallest absolute Gasteiger partial charge is 0.251 e. The lowest BCUT2D eigenvalue weighted by Crippen LogP contribution is -2.51. The molecule has 0 fully saturated rings. The van der Waals surface area contributed by atoms with Crippen LogP contribution in [0.5, 0.6) is 0 Å². The van der Waals surface area contributed by atoms with Gasteiger partial charge in [0.05, 0.1) is 0 Å². The maximum Gasteiger partial charge on any atom is 0.251 e. The number of benzene rings is 2. The molecule has 0 aromatic heterocycles. The van der Waals surface area contributed by atoms with Crippen molar-refractivity contribution in [3.63, 3.8) is 0 Å². The summed E-state index contributed by atoms with van der Waals surface area (Å²) in [5.41, 5.74) is 3.76. The molecular formula is C21H23BrN2O2. The highest BCUT2D eigenvalue weighted by Crippen LogP contribution is 2.31. The SMILES string of the molecule is Cc1ccc(C(=O)NC(C(=O)N2CCc3cc(Br)ccc32)C(C)C)cc1. The van der Waals surface area contributed by atoms with Crippen molar-refractivity contribution in [1.82, 2.24) is 5.32 Å². The van der Waals surface area contributed by atoms with Gasteiger partial charge < -0.3 is 10.2 Å². The Morgan fingerprint density at radius 2 is 1.81 bits per heavy atom. The number of hydrogen-bond donors (Lipinski definition) is 1. The first kappa shape index (κ1) is 18.6. The number of halogens is 1. The molecule has 0 aliphatic carbocycles. The Morgan fingerprint density at radius 1 is 1.12 bits per heavy atom. The third-order valence-electron chi connectivity index (χ3n) is 4.74. The van der Waals surface area contributed by atoms with Gasteiger partial charge >= 0.3 is 0 Å². The van der Waals surface area contributed by atoms with Crippen molar-refractivity contribution in [1.29, 1.82) is 0 Å². The van der Waals surface area contributed by atoms with E-state index in [4.69, 9.17) is 0 Å². The van der Waals surface area contributed by atoms with Crippen molar-refractivity contribution in [2.75, 3.05) is 11.4 Å². The second kappa shape index (κ2) is 7.62. The third-order valence-corrected chi connectivity index (χ3v) is 5.23. The monoisotopic (exact) mass is 414 g/mol. The van der Waals surface area contributed by atoms with Crippen LogP contribution in [0, 0.1) is 12.8 Å². The predicted octanol–water partition coefficient (Wildman–Crippen LogP) is 4.10. The zero-order valence-electron chi connectivity index (χ0n) is 15.3. The first-order valence-electron chi connectivity index (χ1n) is 8.84.